The Morgan fingerprint density at radius 1 is 1.03 bits per heavy atom. The lowest BCUT2D eigenvalue weighted by Gasteiger charge is -2.25. The van der Waals surface area contributed by atoms with Crippen LogP contribution in [0.4, 0.5) is 0 Å². The van der Waals surface area contributed by atoms with Gasteiger partial charge in [0.15, 0.2) is 0 Å². The number of furan rings is 1. The van der Waals surface area contributed by atoms with Gasteiger partial charge < -0.3 is 14.5 Å². The Morgan fingerprint density at radius 3 is 2.71 bits per heavy atom. The predicted molar refractivity (Wildman–Crippen MR) is 123 cm³/mol. The first-order valence-electron chi connectivity index (χ1n) is 10.5. The third kappa shape index (κ3) is 4.56. The van der Waals surface area contributed by atoms with Crippen LogP contribution in [0.25, 0.3) is 21.4 Å². The van der Waals surface area contributed by atoms with Gasteiger partial charge in [-0.25, -0.2) is 0 Å². The van der Waals surface area contributed by atoms with E-state index in [1.165, 1.54) is 10.1 Å². The van der Waals surface area contributed by atoms with Crippen LogP contribution in [-0.4, -0.2) is 37.1 Å². The number of ether oxygens (including phenoxy) is 1. The van der Waals surface area contributed by atoms with Crippen LogP contribution >= 0.6 is 11.3 Å². The minimum atomic E-state index is -0.124. The van der Waals surface area contributed by atoms with Gasteiger partial charge in [-0.2, -0.15) is 0 Å². The molecule has 0 bridgehead atoms. The van der Waals surface area contributed by atoms with Gasteiger partial charge in [0.1, 0.15) is 11.5 Å². The first-order chi connectivity index (χ1) is 15.3. The second kappa shape index (κ2) is 9.06. The summed E-state index contributed by atoms with van der Waals surface area (Å²) in [6.45, 7) is 4.35. The molecule has 31 heavy (non-hydrogen) atoms. The molecule has 0 atom stereocenters. The van der Waals surface area contributed by atoms with Crippen LogP contribution in [0, 0.1) is 0 Å². The van der Waals surface area contributed by atoms with Crippen LogP contribution in [0.5, 0.6) is 0 Å². The molecule has 5 rings (SSSR count). The highest BCUT2D eigenvalue weighted by Crippen LogP contribution is 2.28. The summed E-state index contributed by atoms with van der Waals surface area (Å²) in [6.07, 6.45) is 0. The van der Waals surface area contributed by atoms with Crippen LogP contribution < -0.4 is 5.32 Å². The van der Waals surface area contributed by atoms with Crippen LogP contribution in [-0.2, 0) is 17.8 Å². The number of nitrogens with one attached hydrogen (secondary N) is 1. The van der Waals surface area contributed by atoms with Crippen LogP contribution in [0.2, 0.25) is 0 Å². The summed E-state index contributed by atoms with van der Waals surface area (Å²) in [7, 11) is 0. The highest BCUT2D eigenvalue weighted by molar-refractivity contribution is 7.17. The van der Waals surface area contributed by atoms with Crippen molar-refractivity contribution in [3.63, 3.8) is 0 Å². The fraction of sp³-hybridized carbons (Fsp3) is 0.240. The molecule has 2 aromatic carbocycles. The number of morpholine rings is 1. The molecule has 0 saturated carbocycles. The fourth-order valence-corrected chi connectivity index (χ4v) is 4.65. The summed E-state index contributed by atoms with van der Waals surface area (Å²) >= 11 is 1.72. The van der Waals surface area contributed by atoms with E-state index in [0.29, 0.717) is 24.4 Å². The van der Waals surface area contributed by atoms with Crippen molar-refractivity contribution in [1.29, 1.82) is 0 Å². The first kappa shape index (κ1) is 20.0. The molecule has 1 saturated heterocycles. The van der Waals surface area contributed by atoms with Gasteiger partial charge in [-0.05, 0) is 40.6 Å². The van der Waals surface area contributed by atoms with Gasteiger partial charge in [-0.3, -0.25) is 9.69 Å². The molecule has 0 unspecified atom stereocenters. The minimum absolute atomic E-state index is 0.124. The van der Waals surface area contributed by atoms with Crippen molar-refractivity contribution < 1.29 is 13.9 Å². The lowest BCUT2D eigenvalue weighted by molar-refractivity contribution is 0.0314. The molecule has 1 fully saturated rings. The first-order valence-corrected chi connectivity index (χ1v) is 11.4. The maximum Gasteiger partial charge on any atom is 0.255 e. The van der Waals surface area contributed by atoms with Gasteiger partial charge in [0.25, 0.3) is 5.91 Å². The van der Waals surface area contributed by atoms with E-state index in [2.05, 4.69) is 39.9 Å². The van der Waals surface area contributed by atoms with Gasteiger partial charge in [0.2, 0.25) is 0 Å². The van der Waals surface area contributed by atoms with Crippen molar-refractivity contribution in [1.82, 2.24) is 10.2 Å². The number of nitrogens with zero attached hydrogens (tertiary/aromatic N) is 1. The van der Waals surface area contributed by atoms with E-state index >= 15 is 0 Å². The molecule has 6 heteroatoms. The van der Waals surface area contributed by atoms with Crippen molar-refractivity contribution in [3.05, 3.63) is 82.9 Å². The number of amides is 1. The third-order valence-corrected chi connectivity index (χ3v) is 6.41. The molecule has 4 aromatic rings. The zero-order valence-electron chi connectivity index (χ0n) is 17.2. The van der Waals surface area contributed by atoms with Gasteiger partial charge in [-0.1, -0.05) is 36.4 Å². The zero-order valence-corrected chi connectivity index (χ0v) is 18.0. The maximum atomic E-state index is 13.1. The molecule has 5 nitrogen and oxygen atoms in total. The summed E-state index contributed by atoms with van der Waals surface area (Å²) in [6, 6.07) is 20.1. The number of fused-ring (bicyclic) bond motifs is 1. The van der Waals surface area contributed by atoms with Crippen molar-refractivity contribution in [2.24, 2.45) is 0 Å². The SMILES string of the molecule is O=C(NCc1ccc2sccc2c1)c1cc(CN2CCOCC2)oc1-c1ccccc1. The lowest BCUT2D eigenvalue weighted by Crippen LogP contribution is -2.35. The Bertz CT molecular complexity index is 1180. The fourth-order valence-electron chi connectivity index (χ4n) is 3.88. The summed E-state index contributed by atoms with van der Waals surface area (Å²) < 4.78 is 12.9. The Balaban J connectivity index is 1.36. The number of thiophene rings is 1. The molecule has 1 aliphatic rings. The Hall–Kier alpha value is -2.93. The average molecular weight is 433 g/mol. The van der Waals surface area contributed by atoms with Crippen molar-refractivity contribution in [3.8, 4) is 11.3 Å². The lowest BCUT2D eigenvalue weighted by atomic mass is 10.1. The Labute approximate surface area is 185 Å². The molecule has 3 heterocycles. The smallest absolute Gasteiger partial charge is 0.255 e. The maximum absolute atomic E-state index is 13.1. The number of rotatable bonds is 6. The second-order valence-corrected chi connectivity index (χ2v) is 8.63. The molecular weight excluding hydrogens is 408 g/mol. The molecule has 1 amide bonds. The van der Waals surface area contributed by atoms with E-state index in [9.17, 15) is 4.79 Å². The summed E-state index contributed by atoms with van der Waals surface area (Å²) in [4.78, 5) is 15.4. The largest absolute Gasteiger partial charge is 0.459 e. The molecule has 0 aliphatic carbocycles. The van der Waals surface area contributed by atoms with Crippen LogP contribution in [0.15, 0.2) is 70.5 Å². The van der Waals surface area contributed by atoms with E-state index in [-0.39, 0.29) is 5.91 Å². The highest BCUT2D eigenvalue weighted by Gasteiger charge is 2.21. The van der Waals surface area contributed by atoms with Crippen LogP contribution in [0.3, 0.4) is 0 Å². The number of hydrogen-bond donors (Lipinski definition) is 1. The normalized spacial score (nSPS) is 14.7. The summed E-state index contributed by atoms with van der Waals surface area (Å²) in [5.74, 6) is 1.29. The van der Waals surface area contributed by atoms with Gasteiger partial charge >= 0.3 is 0 Å². The third-order valence-electron chi connectivity index (χ3n) is 5.52. The van der Waals surface area contributed by atoms with Gasteiger partial charge in [0.05, 0.1) is 25.3 Å². The Morgan fingerprint density at radius 2 is 1.87 bits per heavy atom. The van der Waals surface area contributed by atoms with E-state index in [4.69, 9.17) is 9.15 Å². The van der Waals surface area contributed by atoms with E-state index in [1.807, 2.05) is 36.4 Å². The number of hydrogen-bond acceptors (Lipinski definition) is 5. The number of benzene rings is 2. The average Bonchev–Trinajstić information content (AvgIpc) is 3.45. The minimum Gasteiger partial charge on any atom is -0.459 e. The molecule has 2 aromatic heterocycles. The molecule has 0 radical (unpaired) electrons. The van der Waals surface area contributed by atoms with Crippen molar-refractivity contribution in [2.75, 3.05) is 26.3 Å². The summed E-state index contributed by atoms with van der Waals surface area (Å²) in [5.41, 5.74) is 2.56. The number of carbonyl (C=O) groups is 1. The molecule has 0 spiro atoms. The van der Waals surface area contributed by atoms with E-state index < -0.39 is 0 Å². The van der Waals surface area contributed by atoms with Gasteiger partial charge in [0, 0.05) is 29.9 Å². The quantitative estimate of drug-likeness (QED) is 0.470. The van der Waals surface area contributed by atoms with Crippen LogP contribution in [0.1, 0.15) is 21.7 Å². The monoisotopic (exact) mass is 432 g/mol. The second-order valence-electron chi connectivity index (χ2n) is 7.69. The highest BCUT2D eigenvalue weighted by atomic mass is 32.1. The predicted octanol–water partition coefficient (Wildman–Crippen LogP) is 4.92. The summed E-state index contributed by atoms with van der Waals surface area (Å²) in [5, 5.41) is 6.36. The zero-order chi connectivity index (χ0) is 21.0. The topological polar surface area (TPSA) is 54.7 Å². The van der Waals surface area contributed by atoms with Crippen molar-refractivity contribution in [2.45, 2.75) is 13.1 Å². The Kier molecular flexibility index (Phi) is 5.84. The molecular formula is C25H24N2O3S. The number of carbonyl (C=O) groups excluding carboxylic acids is 1. The molecule has 1 N–H and O–H groups in total. The molecule has 158 valence electrons. The van der Waals surface area contributed by atoms with E-state index in [0.717, 1.165) is 43.2 Å². The van der Waals surface area contributed by atoms with Crippen molar-refractivity contribution >= 4 is 27.3 Å². The van der Waals surface area contributed by atoms with E-state index in [1.54, 1.807) is 11.3 Å². The molecule has 1 aliphatic heterocycles. The standard InChI is InChI=1S/C25H24N2O3S/c28-25(26-16-18-6-7-23-20(14-18)8-13-31-23)22-15-21(17-27-9-11-29-12-10-27)30-24(22)19-4-2-1-3-5-19/h1-8,13-15H,9-12,16-17H2,(H,26,28). The van der Waals surface area contributed by atoms with Gasteiger partial charge in [-0.15, -0.1) is 11.3 Å².